The van der Waals surface area contributed by atoms with E-state index < -0.39 is 0 Å². The van der Waals surface area contributed by atoms with E-state index in [-0.39, 0.29) is 11.9 Å². The van der Waals surface area contributed by atoms with Gasteiger partial charge in [0.2, 0.25) is 0 Å². The van der Waals surface area contributed by atoms with Gasteiger partial charge < -0.3 is 9.47 Å². The van der Waals surface area contributed by atoms with E-state index >= 15 is 0 Å². The van der Waals surface area contributed by atoms with Crippen LogP contribution in [0.4, 0.5) is 0 Å². The normalized spacial score (nSPS) is 12.6. The summed E-state index contributed by atoms with van der Waals surface area (Å²) in [5, 5.41) is 0. The van der Waals surface area contributed by atoms with Crippen molar-refractivity contribution in [1.29, 1.82) is 0 Å². The van der Waals surface area contributed by atoms with Crippen molar-refractivity contribution >= 4 is 11.9 Å². The Labute approximate surface area is 171 Å². The van der Waals surface area contributed by atoms with Crippen LogP contribution in [0.5, 0.6) is 0 Å². The van der Waals surface area contributed by atoms with Crippen LogP contribution < -0.4 is 0 Å². The van der Waals surface area contributed by atoms with Crippen LogP contribution in [0, 0.1) is 0 Å². The average molecular weight is 391 g/mol. The molecular weight excluding hydrogens is 352 g/mol. The van der Waals surface area contributed by atoms with Crippen LogP contribution in [0.2, 0.25) is 0 Å². The van der Waals surface area contributed by atoms with Gasteiger partial charge in [-0.05, 0) is 79.2 Å². The summed E-state index contributed by atoms with van der Waals surface area (Å²) >= 11 is 0. The first-order valence-electron chi connectivity index (χ1n) is 10.2. The molecule has 0 unspecified atom stereocenters. The second-order valence-electron chi connectivity index (χ2n) is 7.25. The lowest BCUT2D eigenvalue weighted by atomic mass is 10.0. The minimum Gasteiger partial charge on any atom is -0.463 e. The third kappa shape index (κ3) is 15.0. The maximum atomic E-state index is 12.2. The summed E-state index contributed by atoms with van der Waals surface area (Å²) in [6.07, 6.45) is 13.6. The molecule has 0 N–H and O–H groups in total. The van der Waals surface area contributed by atoms with E-state index in [2.05, 4.69) is 32.9 Å². The van der Waals surface area contributed by atoms with Crippen molar-refractivity contribution in [3.8, 4) is 0 Å². The Hall–Kier alpha value is -2.10. The maximum Gasteiger partial charge on any atom is 0.333 e. The van der Waals surface area contributed by atoms with E-state index in [1.54, 1.807) is 0 Å². The molecule has 0 fully saturated rings. The number of esters is 2. The molecule has 158 valence electrons. The number of allylic oxidation sites excluding steroid dienone is 6. The minimum absolute atomic E-state index is 0.223. The third-order valence-electron chi connectivity index (χ3n) is 4.18. The molecule has 0 amide bonds. The first-order chi connectivity index (χ1) is 13.3. The lowest BCUT2D eigenvalue weighted by Crippen LogP contribution is -2.07. The smallest absolute Gasteiger partial charge is 0.333 e. The zero-order valence-corrected chi connectivity index (χ0v) is 18.6. The number of ether oxygens (including phenoxy) is 2. The average Bonchev–Trinajstić information content (AvgIpc) is 2.60. The van der Waals surface area contributed by atoms with E-state index in [0.29, 0.717) is 19.6 Å². The summed E-state index contributed by atoms with van der Waals surface area (Å²) in [6, 6.07) is 0. The van der Waals surface area contributed by atoms with Crippen molar-refractivity contribution in [3.05, 3.63) is 46.6 Å². The Kier molecular flexibility index (Phi) is 14.7. The quantitative estimate of drug-likeness (QED) is 0.212. The summed E-state index contributed by atoms with van der Waals surface area (Å²) in [6.45, 7) is 12.3. The SMILES string of the molecule is CCOC(=O)/C(=C/CC/C(C)=C/COC(C)=O)CC/C=C(\C)CCC=C(C)C. The molecule has 0 aromatic carbocycles. The van der Waals surface area contributed by atoms with Gasteiger partial charge in [0, 0.05) is 12.5 Å². The van der Waals surface area contributed by atoms with Gasteiger partial charge in [-0.3, -0.25) is 4.79 Å². The fraction of sp³-hybridized carbons (Fsp3) is 0.583. The molecule has 4 nitrogen and oxygen atoms in total. The number of carbonyl (C=O) groups excluding carboxylic acids is 2. The highest BCUT2D eigenvalue weighted by atomic mass is 16.5. The maximum absolute atomic E-state index is 12.2. The molecule has 0 saturated carbocycles. The predicted molar refractivity (Wildman–Crippen MR) is 116 cm³/mol. The Morgan fingerprint density at radius 1 is 0.714 bits per heavy atom. The fourth-order valence-electron chi connectivity index (χ4n) is 2.55. The van der Waals surface area contributed by atoms with Gasteiger partial charge in [-0.2, -0.15) is 0 Å². The summed E-state index contributed by atoms with van der Waals surface area (Å²) in [7, 11) is 0. The van der Waals surface area contributed by atoms with Crippen molar-refractivity contribution in [2.75, 3.05) is 13.2 Å². The first-order valence-corrected chi connectivity index (χ1v) is 10.2. The van der Waals surface area contributed by atoms with E-state index in [9.17, 15) is 9.59 Å². The number of carbonyl (C=O) groups is 2. The Balaban J connectivity index is 4.64. The number of hydrogen-bond acceptors (Lipinski definition) is 4. The molecule has 0 aromatic heterocycles. The number of rotatable bonds is 13. The number of hydrogen-bond donors (Lipinski definition) is 0. The third-order valence-corrected chi connectivity index (χ3v) is 4.18. The highest BCUT2D eigenvalue weighted by Crippen LogP contribution is 2.15. The highest BCUT2D eigenvalue weighted by molar-refractivity contribution is 5.88. The van der Waals surface area contributed by atoms with Gasteiger partial charge in [-0.1, -0.05) is 34.9 Å². The summed E-state index contributed by atoms with van der Waals surface area (Å²) in [5.41, 5.74) is 4.57. The zero-order valence-electron chi connectivity index (χ0n) is 18.6. The summed E-state index contributed by atoms with van der Waals surface area (Å²) in [5.74, 6) is -0.502. The summed E-state index contributed by atoms with van der Waals surface area (Å²) in [4.78, 5) is 23.0. The second-order valence-corrected chi connectivity index (χ2v) is 7.25. The molecule has 28 heavy (non-hydrogen) atoms. The van der Waals surface area contributed by atoms with Crippen molar-refractivity contribution in [2.24, 2.45) is 0 Å². The van der Waals surface area contributed by atoms with Gasteiger partial charge in [0.25, 0.3) is 0 Å². The molecule has 0 aliphatic rings. The van der Waals surface area contributed by atoms with E-state index in [1.165, 1.54) is 18.1 Å². The molecule has 0 rings (SSSR count). The molecule has 4 heteroatoms. The van der Waals surface area contributed by atoms with Crippen LogP contribution in [-0.4, -0.2) is 25.2 Å². The fourth-order valence-corrected chi connectivity index (χ4v) is 2.55. The monoisotopic (exact) mass is 390 g/mol. The molecule has 0 saturated heterocycles. The van der Waals surface area contributed by atoms with Crippen LogP contribution >= 0.6 is 0 Å². The van der Waals surface area contributed by atoms with Gasteiger partial charge in [-0.15, -0.1) is 0 Å². The minimum atomic E-state index is -0.280. The topological polar surface area (TPSA) is 52.6 Å². The molecule has 0 atom stereocenters. The van der Waals surface area contributed by atoms with Crippen LogP contribution in [0.25, 0.3) is 0 Å². The molecule has 0 bridgehead atoms. The van der Waals surface area contributed by atoms with E-state index in [4.69, 9.17) is 9.47 Å². The highest BCUT2D eigenvalue weighted by Gasteiger charge is 2.09. The van der Waals surface area contributed by atoms with E-state index in [0.717, 1.165) is 43.3 Å². The van der Waals surface area contributed by atoms with Gasteiger partial charge in [0.15, 0.2) is 0 Å². The Morgan fingerprint density at radius 3 is 1.86 bits per heavy atom. The standard InChI is InChI=1S/C24H38O4/c1-7-27-24(26)23(15-9-13-20(4)12-8-11-19(2)3)16-10-14-21(5)17-18-28-22(6)25/h11,13,16-17H,7-10,12,14-15,18H2,1-6H3/b20-13+,21-17+,23-16+. The summed E-state index contributed by atoms with van der Waals surface area (Å²) < 4.78 is 10.1. The van der Waals surface area contributed by atoms with E-state index in [1.807, 2.05) is 26.0 Å². The predicted octanol–water partition coefficient (Wildman–Crippen LogP) is 6.24. The second kappa shape index (κ2) is 15.9. The zero-order chi connectivity index (χ0) is 21.4. The molecule has 0 aromatic rings. The molecule has 0 aliphatic heterocycles. The van der Waals surface area contributed by atoms with Crippen molar-refractivity contribution in [3.63, 3.8) is 0 Å². The van der Waals surface area contributed by atoms with Gasteiger partial charge in [0.1, 0.15) is 6.61 Å². The van der Waals surface area contributed by atoms with Crippen LogP contribution in [0.15, 0.2) is 46.6 Å². The van der Waals surface area contributed by atoms with Crippen molar-refractivity contribution < 1.29 is 19.1 Å². The lowest BCUT2D eigenvalue weighted by Gasteiger charge is -2.07. The Morgan fingerprint density at radius 2 is 1.29 bits per heavy atom. The Bertz CT molecular complexity index is 602. The molecule has 0 heterocycles. The first kappa shape index (κ1) is 25.9. The van der Waals surface area contributed by atoms with Crippen molar-refractivity contribution in [1.82, 2.24) is 0 Å². The molecule has 0 radical (unpaired) electrons. The molecule has 0 aliphatic carbocycles. The lowest BCUT2D eigenvalue weighted by molar-refractivity contribution is -0.140. The molecular formula is C24H38O4. The van der Waals surface area contributed by atoms with Crippen LogP contribution in [-0.2, 0) is 19.1 Å². The largest absolute Gasteiger partial charge is 0.463 e. The van der Waals surface area contributed by atoms with Gasteiger partial charge >= 0.3 is 11.9 Å². The van der Waals surface area contributed by atoms with Gasteiger partial charge in [-0.25, -0.2) is 4.79 Å². The molecule has 0 spiro atoms. The van der Waals surface area contributed by atoms with Crippen molar-refractivity contribution in [2.45, 2.75) is 80.1 Å². The van der Waals surface area contributed by atoms with Crippen LogP contribution in [0.3, 0.4) is 0 Å². The van der Waals surface area contributed by atoms with Gasteiger partial charge in [0.05, 0.1) is 6.61 Å². The van der Waals surface area contributed by atoms with Crippen LogP contribution in [0.1, 0.15) is 80.1 Å².